The number of carbonyl (C=O) groups is 1. The molecule has 2 heterocycles. The third-order valence-corrected chi connectivity index (χ3v) is 4.55. The number of nitriles is 1. The van der Waals surface area contributed by atoms with Crippen molar-refractivity contribution >= 4 is 29.2 Å². The molecule has 1 aliphatic heterocycles. The Balaban J connectivity index is 0.00000158. The number of nitrogens with zero attached hydrogens (tertiary/aromatic N) is 4. The number of amidine groups is 1. The first-order chi connectivity index (χ1) is 16.5. The zero-order valence-electron chi connectivity index (χ0n) is 18.7. The number of nitrogens with two attached hydrogens (primary N) is 1. The maximum absolute atomic E-state index is 12.8. The highest BCUT2D eigenvalue weighted by molar-refractivity contribution is 6.19. The van der Waals surface area contributed by atoms with Gasteiger partial charge < -0.3 is 15.8 Å². The Morgan fingerprint density at radius 1 is 1.12 bits per heavy atom. The maximum Gasteiger partial charge on any atom is 0.291 e. The average molecular weight is 454 g/mol. The van der Waals surface area contributed by atoms with Gasteiger partial charge in [-0.15, -0.1) is 0 Å². The predicted molar refractivity (Wildman–Crippen MR) is 131 cm³/mol. The fourth-order valence-electron chi connectivity index (χ4n) is 3.06. The van der Waals surface area contributed by atoms with Crippen LogP contribution in [-0.2, 0) is 9.53 Å². The van der Waals surface area contributed by atoms with E-state index in [1.165, 1.54) is 18.3 Å². The van der Waals surface area contributed by atoms with Gasteiger partial charge in [-0.2, -0.15) is 10.3 Å². The van der Waals surface area contributed by atoms with Crippen molar-refractivity contribution in [2.45, 2.75) is 20.0 Å². The second kappa shape index (κ2) is 11.2. The summed E-state index contributed by atoms with van der Waals surface area (Å²) in [5, 5.41) is 19.7. The molecule has 0 bridgehead atoms. The lowest BCUT2D eigenvalue weighted by Gasteiger charge is -2.09. The molecule has 0 saturated carbocycles. The van der Waals surface area contributed by atoms with Gasteiger partial charge in [0.05, 0.1) is 17.0 Å². The van der Waals surface area contributed by atoms with Crippen LogP contribution in [0.25, 0.3) is 0 Å². The van der Waals surface area contributed by atoms with Crippen LogP contribution in [0.5, 0.6) is 0 Å². The normalized spacial score (nSPS) is 14.7. The van der Waals surface area contributed by atoms with Gasteiger partial charge in [0, 0.05) is 17.3 Å². The summed E-state index contributed by atoms with van der Waals surface area (Å²) < 4.78 is 5.24. The quantitative estimate of drug-likeness (QED) is 0.410. The monoisotopic (exact) mass is 453 g/mol. The number of para-hydroxylation sites is 1. The minimum absolute atomic E-state index is 0.161. The molecule has 0 saturated heterocycles. The first-order valence-corrected chi connectivity index (χ1v) is 10.5. The number of benzodiazepines with no additional fused rings is 1. The van der Waals surface area contributed by atoms with E-state index in [9.17, 15) is 4.79 Å². The number of nitrogens with one attached hydrogen (secondary N) is 2. The molecule has 0 fully saturated rings. The Hall–Kier alpha value is -4.84. The summed E-state index contributed by atoms with van der Waals surface area (Å²) in [6.45, 7) is 4.00. The van der Waals surface area contributed by atoms with Crippen molar-refractivity contribution in [1.82, 2.24) is 4.98 Å². The molecule has 9 heteroatoms. The molecular formula is C25H23N7O2. The molecule has 0 aliphatic carbocycles. The summed E-state index contributed by atoms with van der Waals surface area (Å²) in [7, 11) is 0. The fourth-order valence-corrected chi connectivity index (χ4v) is 3.06. The molecule has 1 unspecified atom stereocenters. The third-order valence-electron chi connectivity index (χ3n) is 4.55. The smallest absolute Gasteiger partial charge is 0.291 e. The van der Waals surface area contributed by atoms with Crippen LogP contribution >= 0.6 is 0 Å². The van der Waals surface area contributed by atoms with E-state index in [-0.39, 0.29) is 11.6 Å². The molecular weight excluding hydrogens is 430 g/mol. The highest BCUT2D eigenvalue weighted by Crippen LogP contribution is 2.24. The lowest BCUT2D eigenvalue weighted by Crippen LogP contribution is -2.29. The molecule has 1 aliphatic rings. The molecule has 170 valence electrons. The van der Waals surface area contributed by atoms with Gasteiger partial charge in [-0.25, -0.2) is 9.98 Å². The first-order valence-electron chi connectivity index (χ1n) is 10.5. The minimum atomic E-state index is -1.22. The van der Waals surface area contributed by atoms with Gasteiger partial charge in [0.25, 0.3) is 11.9 Å². The Kier molecular flexibility index (Phi) is 7.81. The Bertz CT molecular complexity index is 1280. The Labute approximate surface area is 197 Å². The molecule has 3 aromatic rings. The molecule has 0 spiro atoms. The summed E-state index contributed by atoms with van der Waals surface area (Å²) in [6, 6.07) is 21.2. The summed E-state index contributed by atoms with van der Waals surface area (Å²) >= 11 is 0. The molecule has 4 N–H and O–H groups in total. The number of carbonyl (C=O) groups excluding carboxylic acids is 1. The Morgan fingerprint density at radius 3 is 2.50 bits per heavy atom. The minimum Gasteiger partial charge on any atom is -0.405 e. The summed E-state index contributed by atoms with van der Waals surface area (Å²) in [4.78, 5) is 25.4. The molecule has 4 rings (SSSR count). The van der Waals surface area contributed by atoms with Crippen LogP contribution < -0.4 is 11.1 Å². The van der Waals surface area contributed by atoms with Gasteiger partial charge in [-0.05, 0) is 18.2 Å². The Morgan fingerprint density at radius 2 is 1.82 bits per heavy atom. The third kappa shape index (κ3) is 5.49. The average Bonchev–Trinajstić information content (AvgIpc) is 3.02. The van der Waals surface area contributed by atoms with E-state index in [4.69, 9.17) is 21.1 Å². The molecule has 34 heavy (non-hydrogen) atoms. The van der Waals surface area contributed by atoms with Crippen LogP contribution in [-0.4, -0.2) is 34.7 Å². The van der Waals surface area contributed by atoms with E-state index < -0.39 is 18.1 Å². The molecule has 1 atom stereocenters. The van der Waals surface area contributed by atoms with Crippen LogP contribution in [0.2, 0.25) is 0 Å². The van der Waals surface area contributed by atoms with Gasteiger partial charge in [0.15, 0.2) is 0 Å². The van der Waals surface area contributed by atoms with E-state index in [1.807, 2.05) is 68.4 Å². The number of pyridine rings is 1. The molecule has 9 nitrogen and oxygen atoms in total. The second-order valence-electron chi connectivity index (χ2n) is 6.69. The van der Waals surface area contributed by atoms with Gasteiger partial charge in [0.1, 0.15) is 11.8 Å². The lowest BCUT2D eigenvalue weighted by molar-refractivity contribution is -0.117. The van der Waals surface area contributed by atoms with E-state index >= 15 is 0 Å². The van der Waals surface area contributed by atoms with Crippen molar-refractivity contribution in [2.75, 3.05) is 5.32 Å². The lowest BCUT2D eigenvalue weighted by atomic mass is 10.0. The number of aliphatic imine (C=N–C) groups is 2. The fraction of sp³-hybridized carbons (Fsp3) is 0.120. The van der Waals surface area contributed by atoms with Crippen LogP contribution in [0.15, 0.2) is 82.9 Å². The van der Waals surface area contributed by atoms with Gasteiger partial charge in [0.2, 0.25) is 12.1 Å². The number of rotatable bonds is 3. The maximum atomic E-state index is 12.8. The van der Waals surface area contributed by atoms with Crippen LogP contribution in [0.4, 0.5) is 5.69 Å². The van der Waals surface area contributed by atoms with Crippen LogP contribution in [0, 0.1) is 16.7 Å². The van der Waals surface area contributed by atoms with Crippen molar-refractivity contribution < 1.29 is 9.53 Å². The van der Waals surface area contributed by atoms with E-state index in [0.717, 1.165) is 11.1 Å². The summed E-state index contributed by atoms with van der Waals surface area (Å²) in [5.74, 6) is -0.863. The number of anilines is 1. The van der Waals surface area contributed by atoms with Crippen molar-refractivity contribution in [3.8, 4) is 6.07 Å². The number of aromatic nitrogens is 1. The molecule has 1 amide bonds. The topological polar surface area (TPSA) is 150 Å². The van der Waals surface area contributed by atoms with E-state index in [1.54, 1.807) is 6.07 Å². The molecule has 0 radical (unpaired) electrons. The summed E-state index contributed by atoms with van der Waals surface area (Å²) in [5.41, 5.74) is 9.10. The predicted octanol–water partition coefficient (Wildman–Crippen LogP) is 3.45. The largest absolute Gasteiger partial charge is 0.405 e. The SMILES string of the molecule is CC.N#Cc1ccc(C(=N)O/C(N)=N/C2N=C(c3ccccc3)c3ccccc3NC2=O)nc1. The second-order valence-corrected chi connectivity index (χ2v) is 6.69. The number of hydrogen-bond acceptors (Lipinski definition) is 7. The number of fused-ring (bicyclic) bond motifs is 1. The zero-order valence-corrected chi connectivity index (χ0v) is 18.7. The van der Waals surface area contributed by atoms with E-state index in [2.05, 4.69) is 20.3 Å². The number of ether oxygens (including phenoxy) is 1. The first kappa shape index (κ1) is 23.8. The molecule has 1 aromatic heterocycles. The van der Waals surface area contributed by atoms with Crippen molar-refractivity contribution in [3.63, 3.8) is 0 Å². The number of benzene rings is 2. The molecule has 2 aromatic carbocycles. The van der Waals surface area contributed by atoms with Gasteiger partial charge in [-0.3, -0.25) is 10.2 Å². The number of amides is 1. The highest BCUT2D eigenvalue weighted by atomic mass is 16.5. The summed E-state index contributed by atoms with van der Waals surface area (Å²) in [6.07, 6.45) is 0.0896. The number of hydrogen-bond donors (Lipinski definition) is 3. The standard InChI is InChI=1S/C23H17N7O2.C2H6/c24-12-14-10-11-18(27-13-14)20(25)32-23(26)30-21-22(31)28-17-9-5-4-8-16(17)19(29-21)15-6-2-1-3-7-15;1-2/h1-11,13,21,25H,(H2,26,30)(H,28,31);1-2H3. The van der Waals surface area contributed by atoms with Crippen molar-refractivity contribution in [2.24, 2.45) is 15.7 Å². The van der Waals surface area contributed by atoms with E-state index in [0.29, 0.717) is 17.0 Å². The van der Waals surface area contributed by atoms with Crippen molar-refractivity contribution in [3.05, 3.63) is 95.3 Å². The van der Waals surface area contributed by atoms with Gasteiger partial charge >= 0.3 is 0 Å². The zero-order chi connectivity index (χ0) is 24.5. The van der Waals surface area contributed by atoms with Crippen LogP contribution in [0.3, 0.4) is 0 Å². The van der Waals surface area contributed by atoms with Crippen molar-refractivity contribution in [1.29, 1.82) is 10.7 Å². The highest BCUT2D eigenvalue weighted by Gasteiger charge is 2.26. The van der Waals surface area contributed by atoms with Gasteiger partial charge in [-0.1, -0.05) is 62.4 Å². The van der Waals surface area contributed by atoms with Crippen LogP contribution in [0.1, 0.15) is 36.2 Å².